The molecule has 0 amide bonds. The number of alkyl halides is 3. The van der Waals surface area contributed by atoms with E-state index in [0.29, 0.717) is 18.7 Å². The second-order valence-corrected chi connectivity index (χ2v) is 8.83. The number of carbonyl (C=O) groups excluding carboxylic acids is 1. The molecular formula is C23H28F3N5O5. The molecule has 0 saturated carbocycles. The molecule has 0 radical (unpaired) electrons. The van der Waals surface area contributed by atoms with E-state index >= 15 is 0 Å². The summed E-state index contributed by atoms with van der Waals surface area (Å²) in [5, 5.41) is 17.3. The van der Waals surface area contributed by atoms with E-state index < -0.39 is 12.1 Å². The maximum Gasteiger partial charge on any atom is 0.490 e. The first kappa shape index (κ1) is 27.1. The number of fused-ring (bicyclic) bond motifs is 1. The Balaban J connectivity index is 0.000000454. The van der Waals surface area contributed by atoms with E-state index in [0.717, 1.165) is 36.7 Å². The average molecular weight is 512 g/mol. The molecule has 4 rings (SSSR count). The van der Waals surface area contributed by atoms with Gasteiger partial charge < -0.3 is 29.6 Å². The molecule has 2 aliphatic rings. The molecule has 2 aromatic rings. The molecule has 1 fully saturated rings. The quantitative estimate of drug-likeness (QED) is 0.576. The van der Waals surface area contributed by atoms with Crippen LogP contribution in [-0.2, 0) is 22.6 Å². The Morgan fingerprint density at radius 3 is 2.39 bits per heavy atom. The number of benzene rings is 1. The summed E-state index contributed by atoms with van der Waals surface area (Å²) in [5.74, 6) is -1.40. The van der Waals surface area contributed by atoms with E-state index in [1.54, 1.807) is 12.4 Å². The van der Waals surface area contributed by atoms with Crippen molar-refractivity contribution in [2.24, 2.45) is 0 Å². The number of anilines is 2. The molecule has 1 aromatic heterocycles. The van der Waals surface area contributed by atoms with Gasteiger partial charge in [-0.2, -0.15) is 13.2 Å². The number of ether oxygens (including phenoxy) is 1. The van der Waals surface area contributed by atoms with Crippen LogP contribution in [0, 0.1) is 0 Å². The smallest absolute Gasteiger partial charge is 0.475 e. The second kappa shape index (κ2) is 11.1. The highest BCUT2D eigenvalue weighted by atomic mass is 19.4. The SMILES string of the molecule is COC(=O)c1ccc2c(c1)CN(c1cc(N3C[C@H](O)C[C@@H]3CN(C)C)ncn1)C2.O=C(O)C(F)(F)F. The van der Waals surface area contributed by atoms with Crippen molar-refractivity contribution in [1.29, 1.82) is 0 Å². The Labute approximate surface area is 205 Å². The van der Waals surface area contributed by atoms with Gasteiger partial charge in [0.25, 0.3) is 0 Å². The van der Waals surface area contributed by atoms with Crippen molar-refractivity contribution in [3.63, 3.8) is 0 Å². The minimum atomic E-state index is -5.08. The number of rotatable bonds is 5. The van der Waals surface area contributed by atoms with E-state index in [2.05, 4.69) is 24.7 Å². The van der Waals surface area contributed by atoms with Gasteiger partial charge in [-0.15, -0.1) is 0 Å². The van der Waals surface area contributed by atoms with Crippen LogP contribution >= 0.6 is 0 Å². The summed E-state index contributed by atoms with van der Waals surface area (Å²) in [6.07, 6.45) is -3.10. The molecule has 2 N–H and O–H groups in total. The van der Waals surface area contributed by atoms with Gasteiger partial charge in [0.05, 0.1) is 18.8 Å². The lowest BCUT2D eigenvalue weighted by Gasteiger charge is -2.28. The zero-order chi connectivity index (χ0) is 26.6. The van der Waals surface area contributed by atoms with Gasteiger partial charge in [-0.25, -0.2) is 19.6 Å². The van der Waals surface area contributed by atoms with E-state index in [9.17, 15) is 23.1 Å². The molecular weight excluding hydrogens is 483 g/mol. The van der Waals surface area contributed by atoms with Crippen LogP contribution in [0.5, 0.6) is 0 Å². The molecule has 2 aliphatic heterocycles. The molecule has 0 spiro atoms. The first-order chi connectivity index (χ1) is 16.9. The van der Waals surface area contributed by atoms with Gasteiger partial charge in [-0.05, 0) is 43.8 Å². The van der Waals surface area contributed by atoms with Crippen molar-refractivity contribution < 1.29 is 37.7 Å². The van der Waals surface area contributed by atoms with Gasteiger partial charge in [0.2, 0.25) is 0 Å². The number of methoxy groups -OCH3 is 1. The van der Waals surface area contributed by atoms with Gasteiger partial charge in [-0.1, -0.05) is 6.07 Å². The number of aliphatic carboxylic acids is 1. The molecule has 36 heavy (non-hydrogen) atoms. The average Bonchev–Trinajstić information content (AvgIpc) is 3.40. The highest BCUT2D eigenvalue weighted by molar-refractivity contribution is 5.89. The standard InChI is InChI=1S/C21H27N5O3.C2HF3O2/c1-24(2)11-17-7-18(27)12-26(17)20-8-19(22-13-23-20)25-9-15-5-4-14(21(28)29-3)6-16(15)10-25;3-2(4,5)1(6)7/h4-6,8,13,17-18,27H,7,9-12H2,1-3H3;(H,6,7)/t17-,18-;/m1./s1. The fourth-order valence-corrected chi connectivity index (χ4v) is 4.24. The molecule has 13 heteroatoms. The van der Waals surface area contributed by atoms with Crippen molar-refractivity contribution in [2.45, 2.75) is 37.8 Å². The molecule has 1 aromatic carbocycles. The van der Waals surface area contributed by atoms with Gasteiger partial charge in [-0.3, -0.25) is 0 Å². The lowest BCUT2D eigenvalue weighted by molar-refractivity contribution is -0.192. The number of likely N-dealkylation sites (N-methyl/N-ethyl adjacent to an activating group) is 1. The number of aliphatic hydroxyl groups is 1. The number of esters is 1. The fourth-order valence-electron chi connectivity index (χ4n) is 4.24. The van der Waals surface area contributed by atoms with Gasteiger partial charge in [0, 0.05) is 38.3 Å². The van der Waals surface area contributed by atoms with Crippen LogP contribution in [0.25, 0.3) is 0 Å². The summed E-state index contributed by atoms with van der Waals surface area (Å²) in [7, 11) is 5.47. The first-order valence-corrected chi connectivity index (χ1v) is 11.1. The maximum absolute atomic E-state index is 11.8. The van der Waals surface area contributed by atoms with E-state index in [-0.39, 0.29) is 18.1 Å². The molecule has 0 unspecified atom stereocenters. The zero-order valence-electron chi connectivity index (χ0n) is 20.1. The Hall–Kier alpha value is -3.45. The first-order valence-electron chi connectivity index (χ1n) is 11.1. The summed E-state index contributed by atoms with van der Waals surface area (Å²) in [4.78, 5) is 36.1. The van der Waals surface area contributed by atoms with Crippen molar-refractivity contribution >= 4 is 23.6 Å². The van der Waals surface area contributed by atoms with Crippen LogP contribution in [0.3, 0.4) is 0 Å². The normalized spacial score (nSPS) is 19.1. The number of aromatic nitrogens is 2. The zero-order valence-corrected chi connectivity index (χ0v) is 20.1. The number of halogens is 3. The highest BCUT2D eigenvalue weighted by Gasteiger charge is 2.38. The summed E-state index contributed by atoms with van der Waals surface area (Å²) >= 11 is 0. The van der Waals surface area contributed by atoms with E-state index in [4.69, 9.17) is 14.6 Å². The number of carboxylic acids is 1. The van der Waals surface area contributed by atoms with Crippen LogP contribution in [0.15, 0.2) is 30.6 Å². The van der Waals surface area contributed by atoms with Crippen LogP contribution < -0.4 is 9.80 Å². The Bertz CT molecular complexity index is 1100. The minimum Gasteiger partial charge on any atom is -0.475 e. The summed E-state index contributed by atoms with van der Waals surface area (Å²) < 4.78 is 36.6. The van der Waals surface area contributed by atoms with Gasteiger partial charge >= 0.3 is 18.1 Å². The Morgan fingerprint density at radius 2 is 1.78 bits per heavy atom. The monoisotopic (exact) mass is 511 g/mol. The summed E-state index contributed by atoms with van der Waals surface area (Å²) in [6.45, 7) is 2.86. The number of nitrogens with zero attached hydrogens (tertiary/aromatic N) is 5. The number of hydrogen-bond acceptors (Lipinski definition) is 9. The van der Waals surface area contributed by atoms with Gasteiger partial charge in [0.15, 0.2) is 0 Å². The fraction of sp³-hybridized carbons (Fsp3) is 0.478. The summed E-state index contributed by atoms with van der Waals surface area (Å²) in [6, 6.07) is 7.90. The molecule has 1 saturated heterocycles. The van der Waals surface area contributed by atoms with Gasteiger partial charge in [0.1, 0.15) is 18.0 Å². The third-order valence-electron chi connectivity index (χ3n) is 5.82. The molecule has 2 atom stereocenters. The van der Waals surface area contributed by atoms with Crippen LogP contribution in [-0.4, -0.2) is 89.6 Å². The topological polar surface area (TPSA) is 119 Å². The number of aliphatic hydroxyl groups excluding tert-OH is 1. The van der Waals surface area contributed by atoms with E-state index in [1.165, 1.54) is 12.7 Å². The molecule has 196 valence electrons. The van der Waals surface area contributed by atoms with Crippen LogP contribution in [0.4, 0.5) is 24.8 Å². The molecule has 3 heterocycles. The number of hydrogen-bond donors (Lipinski definition) is 2. The lowest BCUT2D eigenvalue weighted by atomic mass is 10.1. The van der Waals surface area contributed by atoms with Crippen molar-refractivity contribution in [1.82, 2.24) is 14.9 Å². The Morgan fingerprint density at radius 1 is 1.14 bits per heavy atom. The number of carbonyl (C=O) groups is 2. The lowest BCUT2D eigenvalue weighted by Crippen LogP contribution is -2.38. The molecule has 0 aliphatic carbocycles. The number of β-amino-alcohol motifs (C(OH)–C–C–N with tert-alkyl or cyclic N) is 1. The second-order valence-electron chi connectivity index (χ2n) is 8.83. The largest absolute Gasteiger partial charge is 0.490 e. The van der Waals surface area contributed by atoms with Crippen molar-refractivity contribution in [3.8, 4) is 0 Å². The molecule has 10 nitrogen and oxygen atoms in total. The predicted molar refractivity (Wildman–Crippen MR) is 124 cm³/mol. The highest BCUT2D eigenvalue weighted by Crippen LogP contribution is 2.31. The van der Waals surface area contributed by atoms with Crippen LogP contribution in [0.2, 0.25) is 0 Å². The third kappa shape index (κ3) is 6.61. The summed E-state index contributed by atoms with van der Waals surface area (Å²) in [5.41, 5.74) is 2.85. The maximum atomic E-state index is 11.8. The third-order valence-corrected chi connectivity index (χ3v) is 5.82. The van der Waals surface area contributed by atoms with Crippen molar-refractivity contribution in [2.75, 3.05) is 44.1 Å². The van der Waals surface area contributed by atoms with Crippen LogP contribution in [0.1, 0.15) is 27.9 Å². The minimum absolute atomic E-state index is 0.223. The molecule has 0 bridgehead atoms. The Kier molecular flexibility index (Phi) is 8.35. The number of carboxylic acid groups (broad SMARTS) is 1. The van der Waals surface area contributed by atoms with Crippen molar-refractivity contribution in [3.05, 3.63) is 47.3 Å². The predicted octanol–water partition coefficient (Wildman–Crippen LogP) is 1.92. The van der Waals surface area contributed by atoms with E-state index in [1.807, 2.05) is 32.3 Å².